The van der Waals surface area contributed by atoms with Gasteiger partial charge in [-0.3, -0.25) is 4.79 Å². The lowest BCUT2D eigenvalue weighted by Crippen LogP contribution is -2.32. The zero-order valence-corrected chi connectivity index (χ0v) is 20.6. The van der Waals surface area contributed by atoms with Crippen molar-refractivity contribution in [2.75, 3.05) is 26.9 Å². The van der Waals surface area contributed by atoms with Crippen molar-refractivity contribution in [3.8, 4) is 22.6 Å². The van der Waals surface area contributed by atoms with E-state index in [4.69, 9.17) is 19.3 Å². The van der Waals surface area contributed by atoms with E-state index in [9.17, 15) is 9.59 Å². The van der Waals surface area contributed by atoms with Crippen LogP contribution in [0.4, 0.5) is 4.79 Å². The molecule has 0 fully saturated rings. The topological polar surface area (TPSA) is 85.3 Å². The Bertz CT molecular complexity index is 1180. The van der Waals surface area contributed by atoms with Gasteiger partial charge in [0.05, 0.1) is 20.3 Å². The Morgan fingerprint density at radius 2 is 1.64 bits per heavy atom. The lowest BCUT2D eigenvalue weighted by molar-refractivity contribution is -0.137. The van der Waals surface area contributed by atoms with Gasteiger partial charge in [-0.25, -0.2) is 4.79 Å². The highest BCUT2D eigenvalue weighted by Gasteiger charge is 2.29. The number of carbonyl (C=O) groups is 2. The van der Waals surface area contributed by atoms with Gasteiger partial charge in [0.1, 0.15) is 18.1 Å². The summed E-state index contributed by atoms with van der Waals surface area (Å²) in [6.07, 6.45) is 0.0164. The number of rotatable bonds is 11. The number of hydrogen-bond acceptors (Lipinski definition) is 5. The molecule has 1 N–H and O–H groups in total. The molecule has 1 aliphatic rings. The molecule has 7 nitrogen and oxygen atoms in total. The van der Waals surface area contributed by atoms with Crippen molar-refractivity contribution < 1.29 is 28.9 Å². The van der Waals surface area contributed by atoms with Gasteiger partial charge in [0.25, 0.3) is 0 Å². The second kappa shape index (κ2) is 11.6. The van der Waals surface area contributed by atoms with Crippen LogP contribution in [-0.2, 0) is 16.1 Å². The fraction of sp³-hybridized carbons (Fsp3) is 0.310. The predicted octanol–water partition coefficient (Wildman–Crippen LogP) is 5.71. The highest BCUT2D eigenvalue weighted by atomic mass is 16.6. The highest BCUT2D eigenvalue weighted by molar-refractivity contribution is 5.79. The zero-order chi connectivity index (χ0) is 25.5. The van der Waals surface area contributed by atoms with Crippen LogP contribution in [0.5, 0.6) is 11.5 Å². The van der Waals surface area contributed by atoms with Gasteiger partial charge in [-0.1, -0.05) is 48.5 Å². The van der Waals surface area contributed by atoms with E-state index in [1.165, 1.54) is 22.3 Å². The first kappa shape index (κ1) is 25.1. The molecule has 0 unspecified atom stereocenters. The molecule has 7 heteroatoms. The summed E-state index contributed by atoms with van der Waals surface area (Å²) < 4.78 is 17.0. The van der Waals surface area contributed by atoms with E-state index in [2.05, 4.69) is 24.3 Å². The number of methoxy groups -OCH3 is 1. The van der Waals surface area contributed by atoms with Crippen LogP contribution in [0, 0.1) is 0 Å². The average molecular weight is 490 g/mol. The molecule has 1 aliphatic carbocycles. The highest BCUT2D eigenvalue weighted by Crippen LogP contribution is 2.44. The van der Waals surface area contributed by atoms with Crippen molar-refractivity contribution in [2.45, 2.75) is 32.2 Å². The summed E-state index contributed by atoms with van der Waals surface area (Å²) in [7, 11) is 1.57. The molecular formula is C29H31NO6. The summed E-state index contributed by atoms with van der Waals surface area (Å²) in [4.78, 5) is 25.5. The number of hydrogen-bond donors (Lipinski definition) is 1. The van der Waals surface area contributed by atoms with Crippen LogP contribution in [-0.4, -0.2) is 48.9 Å². The minimum absolute atomic E-state index is 0.00540. The van der Waals surface area contributed by atoms with Crippen LogP contribution in [0.3, 0.4) is 0 Å². The minimum atomic E-state index is -0.864. The van der Waals surface area contributed by atoms with Crippen LogP contribution >= 0.6 is 0 Å². The van der Waals surface area contributed by atoms with E-state index in [-0.39, 0.29) is 25.6 Å². The van der Waals surface area contributed by atoms with Crippen LogP contribution in [0.15, 0.2) is 66.7 Å². The Kier molecular flexibility index (Phi) is 8.10. The molecule has 0 saturated heterocycles. The van der Waals surface area contributed by atoms with E-state index < -0.39 is 12.1 Å². The monoisotopic (exact) mass is 489 g/mol. The van der Waals surface area contributed by atoms with E-state index in [0.29, 0.717) is 31.0 Å². The molecule has 0 aromatic heterocycles. The van der Waals surface area contributed by atoms with Gasteiger partial charge in [-0.05, 0) is 47.7 Å². The van der Waals surface area contributed by atoms with Gasteiger partial charge >= 0.3 is 12.1 Å². The normalized spacial score (nSPS) is 11.9. The van der Waals surface area contributed by atoms with Gasteiger partial charge in [0.15, 0.2) is 0 Å². The summed E-state index contributed by atoms with van der Waals surface area (Å²) in [6.45, 7) is 3.17. The molecule has 0 atom stereocenters. The third kappa shape index (κ3) is 5.62. The Labute approximate surface area is 211 Å². The zero-order valence-electron chi connectivity index (χ0n) is 20.6. The number of nitrogens with zero attached hydrogens (tertiary/aromatic N) is 1. The van der Waals surface area contributed by atoms with Crippen LogP contribution in [0.1, 0.15) is 42.4 Å². The van der Waals surface area contributed by atoms with Gasteiger partial charge in [-0.15, -0.1) is 0 Å². The summed E-state index contributed by atoms with van der Waals surface area (Å²) in [5.41, 5.74) is 5.50. The second-order valence-corrected chi connectivity index (χ2v) is 8.64. The maximum atomic E-state index is 13.1. The molecule has 0 aliphatic heterocycles. The number of aliphatic carboxylic acids is 1. The number of carboxylic acid groups (broad SMARTS) is 1. The number of carboxylic acids is 1. The third-order valence-electron chi connectivity index (χ3n) is 6.40. The number of ether oxygens (including phenoxy) is 3. The maximum Gasteiger partial charge on any atom is 0.410 e. The molecule has 3 aromatic rings. The largest absolute Gasteiger partial charge is 0.497 e. The molecule has 3 aromatic carbocycles. The van der Waals surface area contributed by atoms with Crippen molar-refractivity contribution in [1.29, 1.82) is 0 Å². The lowest BCUT2D eigenvalue weighted by atomic mass is 9.98. The van der Waals surface area contributed by atoms with Gasteiger partial charge < -0.3 is 24.2 Å². The number of amides is 1. The Morgan fingerprint density at radius 1 is 0.972 bits per heavy atom. The SMILES string of the molecule is CCN(Cc1ccc(OC)cc1OCCCC(=O)O)C(=O)OCC1c2ccccc2-c2ccccc21. The van der Waals surface area contributed by atoms with E-state index in [1.54, 1.807) is 18.1 Å². The molecule has 0 saturated carbocycles. The Balaban J connectivity index is 1.44. The van der Waals surface area contributed by atoms with E-state index in [1.807, 2.05) is 43.3 Å². The second-order valence-electron chi connectivity index (χ2n) is 8.64. The van der Waals surface area contributed by atoms with Gasteiger partial charge in [0.2, 0.25) is 0 Å². The number of benzene rings is 3. The quantitative estimate of drug-likeness (QED) is 0.347. The van der Waals surface area contributed by atoms with E-state index in [0.717, 1.165) is 5.56 Å². The smallest absolute Gasteiger partial charge is 0.410 e. The van der Waals surface area contributed by atoms with Crippen molar-refractivity contribution in [3.05, 3.63) is 83.4 Å². The molecule has 0 heterocycles. The fourth-order valence-electron chi connectivity index (χ4n) is 4.53. The summed E-state index contributed by atoms with van der Waals surface area (Å²) in [5.74, 6) is 0.312. The molecule has 188 valence electrons. The van der Waals surface area contributed by atoms with Crippen molar-refractivity contribution in [3.63, 3.8) is 0 Å². The summed E-state index contributed by atoms with van der Waals surface area (Å²) >= 11 is 0. The molecule has 1 amide bonds. The first-order valence-corrected chi connectivity index (χ1v) is 12.1. The summed E-state index contributed by atoms with van der Waals surface area (Å²) in [6, 6.07) is 21.9. The summed E-state index contributed by atoms with van der Waals surface area (Å²) in [5, 5.41) is 8.86. The molecule has 0 bridgehead atoms. The van der Waals surface area contributed by atoms with E-state index >= 15 is 0 Å². The molecule has 0 spiro atoms. The lowest BCUT2D eigenvalue weighted by Gasteiger charge is -2.23. The molecule has 36 heavy (non-hydrogen) atoms. The predicted molar refractivity (Wildman–Crippen MR) is 137 cm³/mol. The van der Waals surface area contributed by atoms with Gasteiger partial charge in [0, 0.05) is 30.5 Å². The first-order valence-electron chi connectivity index (χ1n) is 12.1. The Hall–Kier alpha value is -4.00. The van der Waals surface area contributed by atoms with Crippen LogP contribution < -0.4 is 9.47 Å². The van der Waals surface area contributed by atoms with Crippen molar-refractivity contribution in [2.24, 2.45) is 0 Å². The molecular weight excluding hydrogens is 458 g/mol. The minimum Gasteiger partial charge on any atom is -0.497 e. The third-order valence-corrected chi connectivity index (χ3v) is 6.40. The molecule has 4 rings (SSSR count). The number of carbonyl (C=O) groups excluding carboxylic acids is 1. The standard InChI is InChI=1S/C29H31NO6/c1-3-30(18-20-14-15-21(34-2)17-27(20)35-16-8-13-28(31)32)29(33)36-19-26-24-11-6-4-9-22(24)23-10-5-7-12-25(23)26/h4-7,9-12,14-15,17,26H,3,8,13,16,18-19H2,1-2H3,(H,31,32). The number of fused-ring (bicyclic) bond motifs is 3. The average Bonchev–Trinajstić information content (AvgIpc) is 3.22. The van der Waals surface area contributed by atoms with Crippen LogP contribution in [0.2, 0.25) is 0 Å². The van der Waals surface area contributed by atoms with Crippen molar-refractivity contribution in [1.82, 2.24) is 4.90 Å². The first-order chi connectivity index (χ1) is 17.5. The Morgan fingerprint density at radius 3 is 2.25 bits per heavy atom. The molecule has 0 radical (unpaired) electrons. The fourth-order valence-corrected chi connectivity index (χ4v) is 4.53. The maximum absolute atomic E-state index is 13.1. The van der Waals surface area contributed by atoms with Gasteiger partial charge in [-0.2, -0.15) is 0 Å². The van der Waals surface area contributed by atoms with Crippen molar-refractivity contribution >= 4 is 12.1 Å². The van der Waals surface area contributed by atoms with Crippen LogP contribution in [0.25, 0.3) is 11.1 Å².